The molecule has 3 atom stereocenters. The van der Waals surface area contributed by atoms with Crippen LogP contribution in [0.3, 0.4) is 0 Å². The molecular weight excluding hydrogens is 304 g/mol. The Labute approximate surface area is 134 Å². The number of hydrogen-bond acceptors (Lipinski definition) is 4. The van der Waals surface area contributed by atoms with Gasteiger partial charge < -0.3 is 4.74 Å². The molecule has 118 valence electrons. The summed E-state index contributed by atoms with van der Waals surface area (Å²) in [6, 6.07) is 3.14. The van der Waals surface area contributed by atoms with Crippen molar-refractivity contribution >= 4 is 23.5 Å². The second kappa shape index (κ2) is 5.23. The van der Waals surface area contributed by atoms with Gasteiger partial charge in [-0.05, 0) is 38.8 Å². The molecule has 3 rings (SSSR count). The molecule has 0 radical (unpaired) electrons. The van der Waals surface area contributed by atoms with Crippen LogP contribution in [-0.4, -0.2) is 39.4 Å². The molecule has 0 N–H and O–H groups in total. The fourth-order valence-electron chi connectivity index (χ4n) is 3.35. The van der Waals surface area contributed by atoms with E-state index in [2.05, 4.69) is 4.98 Å². The minimum Gasteiger partial charge on any atom is -0.444 e. The first kappa shape index (κ1) is 15.3. The monoisotopic (exact) mass is 322 g/mol. The molecule has 2 fully saturated rings. The summed E-state index contributed by atoms with van der Waals surface area (Å²) in [7, 11) is 0. The van der Waals surface area contributed by atoms with Crippen LogP contribution in [-0.2, 0) is 9.53 Å². The van der Waals surface area contributed by atoms with Crippen LogP contribution >= 0.6 is 11.6 Å². The topological polar surface area (TPSA) is 59.5 Å². The summed E-state index contributed by atoms with van der Waals surface area (Å²) >= 11 is 5.82. The average Bonchev–Trinajstić information content (AvgIpc) is 2.91. The number of pyridine rings is 1. The van der Waals surface area contributed by atoms with E-state index in [4.69, 9.17) is 16.3 Å². The third-order valence-electron chi connectivity index (χ3n) is 4.20. The second-order valence-corrected chi connectivity index (χ2v) is 7.28. The highest BCUT2D eigenvalue weighted by molar-refractivity contribution is 6.29. The molecule has 0 saturated carbocycles. The van der Waals surface area contributed by atoms with Crippen LogP contribution in [0.1, 0.15) is 45.1 Å². The van der Waals surface area contributed by atoms with E-state index >= 15 is 0 Å². The Kier molecular flexibility index (Phi) is 3.63. The minimum absolute atomic E-state index is 0.111. The summed E-state index contributed by atoms with van der Waals surface area (Å²) < 4.78 is 5.45. The van der Waals surface area contributed by atoms with Crippen molar-refractivity contribution in [2.45, 2.75) is 57.2 Å². The predicted octanol–water partition coefficient (Wildman–Crippen LogP) is 3.17. The zero-order chi connectivity index (χ0) is 16.1. The first-order valence-electron chi connectivity index (χ1n) is 7.42. The van der Waals surface area contributed by atoms with Gasteiger partial charge in [0, 0.05) is 24.6 Å². The first-order chi connectivity index (χ1) is 10.3. The highest BCUT2D eigenvalue weighted by atomic mass is 35.5. The van der Waals surface area contributed by atoms with Gasteiger partial charge in [0.1, 0.15) is 10.8 Å². The van der Waals surface area contributed by atoms with Crippen LogP contribution < -0.4 is 0 Å². The van der Waals surface area contributed by atoms with E-state index in [1.807, 2.05) is 26.8 Å². The molecule has 1 aromatic heterocycles. The van der Waals surface area contributed by atoms with Crippen LogP contribution in [0.15, 0.2) is 18.3 Å². The standard InChI is InChI=1S/C16H19ClN2O3/c1-16(2,3)22-15(21)19-11-7-13(20)12(19)6-10(11)9-4-5-14(17)18-8-9/h4-5,8,10-12H,6-7H2,1-3H3. The normalized spacial score (nSPS) is 27.4. The zero-order valence-electron chi connectivity index (χ0n) is 12.9. The van der Waals surface area contributed by atoms with Gasteiger partial charge in [-0.15, -0.1) is 0 Å². The number of Topliss-reactive ketones (excluding diaryl/α,β-unsaturated/α-hetero) is 1. The van der Waals surface area contributed by atoms with Crippen molar-refractivity contribution in [3.63, 3.8) is 0 Å². The van der Waals surface area contributed by atoms with Gasteiger partial charge >= 0.3 is 6.09 Å². The third-order valence-corrected chi connectivity index (χ3v) is 4.42. The van der Waals surface area contributed by atoms with Gasteiger partial charge in [0.25, 0.3) is 0 Å². The Morgan fingerprint density at radius 2 is 2.14 bits per heavy atom. The van der Waals surface area contributed by atoms with E-state index in [9.17, 15) is 9.59 Å². The largest absolute Gasteiger partial charge is 0.444 e. The highest BCUT2D eigenvalue weighted by Gasteiger charge is 2.54. The van der Waals surface area contributed by atoms with Crippen molar-refractivity contribution in [1.29, 1.82) is 0 Å². The van der Waals surface area contributed by atoms with Crippen molar-refractivity contribution < 1.29 is 14.3 Å². The molecular formula is C16H19ClN2O3. The molecule has 0 spiro atoms. The lowest BCUT2D eigenvalue weighted by molar-refractivity contribution is -0.120. The lowest BCUT2D eigenvalue weighted by atomic mass is 9.84. The zero-order valence-corrected chi connectivity index (χ0v) is 13.6. The number of aromatic nitrogens is 1. The second-order valence-electron chi connectivity index (χ2n) is 6.90. The summed E-state index contributed by atoms with van der Waals surface area (Å²) in [6.45, 7) is 5.47. The SMILES string of the molecule is CC(C)(C)OC(=O)N1C2CC(c3ccc(Cl)nc3)C1CC2=O. The number of hydrogen-bond donors (Lipinski definition) is 0. The van der Waals surface area contributed by atoms with Crippen molar-refractivity contribution in [1.82, 2.24) is 9.88 Å². The molecule has 1 amide bonds. The van der Waals surface area contributed by atoms with Crippen molar-refractivity contribution in [2.24, 2.45) is 0 Å². The first-order valence-corrected chi connectivity index (χ1v) is 7.79. The number of halogens is 1. The van der Waals surface area contributed by atoms with Crippen LogP contribution in [0.5, 0.6) is 0 Å². The Morgan fingerprint density at radius 1 is 1.41 bits per heavy atom. The highest BCUT2D eigenvalue weighted by Crippen LogP contribution is 2.45. The Morgan fingerprint density at radius 3 is 2.73 bits per heavy atom. The quantitative estimate of drug-likeness (QED) is 0.745. The molecule has 0 aromatic carbocycles. The number of ketones is 1. The third kappa shape index (κ3) is 2.70. The Bertz CT molecular complexity index is 609. The number of ether oxygens (including phenoxy) is 1. The van der Waals surface area contributed by atoms with Crippen molar-refractivity contribution in [2.75, 3.05) is 0 Å². The lowest BCUT2D eigenvalue weighted by Crippen LogP contribution is -2.41. The van der Waals surface area contributed by atoms with Gasteiger partial charge in [-0.2, -0.15) is 0 Å². The van der Waals surface area contributed by atoms with E-state index in [0.29, 0.717) is 18.0 Å². The molecule has 3 unspecified atom stereocenters. The van der Waals surface area contributed by atoms with Gasteiger partial charge in [0.2, 0.25) is 0 Å². The summed E-state index contributed by atoms with van der Waals surface area (Å²) in [5, 5.41) is 0.437. The van der Waals surface area contributed by atoms with E-state index in [-0.39, 0.29) is 23.8 Å². The lowest BCUT2D eigenvalue weighted by Gasteiger charge is -2.27. The van der Waals surface area contributed by atoms with Gasteiger partial charge in [0.05, 0.1) is 6.04 Å². The fourth-order valence-corrected chi connectivity index (χ4v) is 3.46. The number of nitrogens with zero attached hydrogens (tertiary/aromatic N) is 2. The number of rotatable bonds is 1. The van der Waals surface area contributed by atoms with E-state index in [1.165, 1.54) is 0 Å². The number of amides is 1. The summed E-state index contributed by atoms with van der Waals surface area (Å²) in [5.41, 5.74) is 0.442. The van der Waals surface area contributed by atoms with E-state index < -0.39 is 11.7 Å². The number of carbonyl (C=O) groups excluding carboxylic acids is 2. The van der Waals surface area contributed by atoms with Crippen LogP contribution in [0.4, 0.5) is 4.79 Å². The molecule has 2 bridgehead atoms. The molecule has 2 aliphatic rings. The van der Waals surface area contributed by atoms with E-state index in [0.717, 1.165) is 5.56 Å². The van der Waals surface area contributed by atoms with Gasteiger partial charge in [-0.1, -0.05) is 17.7 Å². The van der Waals surface area contributed by atoms with Gasteiger partial charge in [0.15, 0.2) is 5.78 Å². The molecule has 2 saturated heterocycles. The maximum absolute atomic E-state index is 12.4. The summed E-state index contributed by atoms with van der Waals surface area (Å²) in [5.74, 6) is 0.231. The van der Waals surface area contributed by atoms with E-state index in [1.54, 1.807) is 17.2 Å². The molecule has 2 aliphatic heterocycles. The molecule has 6 heteroatoms. The number of carbonyl (C=O) groups is 2. The number of fused-ring (bicyclic) bond motifs is 2. The van der Waals surface area contributed by atoms with Crippen LogP contribution in [0.25, 0.3) is 0 Å². The average molecular weight is 323 g/mol. The van der Waals surface area contributed by atoms with Gasteiger partial charge in [-0.3, -0.25) is 9.69 Å². The van der Waals surface area contributed by atoms with Crippen LogP contribution in [0, 0.1) is 0 Å². The van der Waals surface area contributed by atoms with Crippen molar-refractivity contribution in [3.05, 3.63) is 29.0 Å². The maximum atomic E-state index is 12.4. The predicted molar refractivity (Wildman–Crippen MR) is 81.9 cm³/mol. The fraction of sp³-hybridized carbons (Fsp3) is 0.562. The smallest absolute Gasteiger partial charge is 0.411 e. The summed E-state index contributed by atoms with van der Waals surface area (Å²) in [4.78, 5) is 30.2. The summed E-state index contributed by atoms with van der Waals surface area (Å²) in [6.07, 6.45) is 2.34. The minimum atomic E-state index is -0.570. The molecule has 0 aliphatic carbocycles. The molecule has 1 aromatic rings. The van der Waals surface area contributed by atoms with Crippen LogP contribution in [0.2, 0.25) is 5.15 Å². The Hall–Kier alpha value is -1.62. The van der Waals surface area contributed by atoms with Gasteiger partial charge in [-0.25, -0.2) is 9.78 Å². The van der Waals surface area contributed by atoms with Crippen molar-refractivity contribution in [3.8, 4) is 0 Å². The molecule has 3 heterocycles. The molecule has 5 nitrogen and oxygen atoms in total. The molecule has 22 heavy (non-hydrogen) atoms. The Balaban J connectivity index is 1.83. The maximum Gasteiger partial charge on any atom is 0.411 e.